The van der Waals surface area contributed by atoms with Crippen LogP contribution in [0.1, 0.15) is 24.9 Å². The van der Waals surface area contributed by atoms with E-state index in [4.69, 9.17) is 4.74 Å². The van der Waals surface area contributed by atoms with E-state index in [9.17, 15) is 9.50 Å². The normalized spacial score (nSPS) is 26.1. The van der Waals surface area contributed by atoms with Crippen LogP contribution in [0.3, 0.4) is 0 Å². The van der Waals surface area contributed by atoms with E-state index in [0.717, 1.165) is 0 Å². The molecule has 1 saturated heterocycles. The Kier molecular flexibility index (Phi) is 3.76. The van der Waals surface area contributed by atoms with E-state index in [1.807, 2.05) is 13.0 Å². The molecule has 3 nitrogen and oxygen atoms in total. The zero-order chi connectivity index (χ0) is 12.3. The maximum atomic E-state index is 13.5. The van der Waals surface area contributed by atoms with E-state index in [-0.39, 0.29) is 11.9 Å². The molecule has 1 aromatic carbocycles. The molecule has 1 heterocycles. The fourth-order valence-corrected chi connectivity index (χ4v) is 2.02. The lowest BCUT2D eigenvalue weighted by molar-refractivity contribution is 0.0251. The van der Waals surface area contributed by atoms with E-state index in [2.05, 4.69) is 5.32 Å². The zero-order valence-electron chi connectivity index (χ0n) is 9.95. The molecule has 1 aliphatic heterocycles. The Hall–Kier alpha value is -0.970. The van der Waals surface area contributed by atoms with Crippen molar-refractivity contribution in [2.24, 2.45) is 0 Å². The summed E-state index contributed by atoms with van der Waals surface area (Å²) in [5.41, 5.74) is -0.186. The Morgan fingerprint density at radius 2 is 2.29 bits per heavy atom. The van der Waals surface area contributed by atoms with Crippen LogP contribution >= 0.6 is 0 Å². The highest BCUT2D eigenvalue weighted by molar-refractivity contribution is 5.20. The van der Waals surface area contributed by atoms with Gasteiger partial charge in [0, 0.05) is 31.2 Å². The van der Waals surface area contributed by atoms with Gasteiger partial charge in [-0.25, -0.2) is 4.39 Å². The van der Waals surface area contributed by atoms with Crippen molar-refractivity contribution in [3.8, 4) is 0 Å². The molecule has 1 fully saturated rings. The van der Waals surface area contributed by atoms with E-state index in [1.165, 1.54) is 6.07 Å². The molecule has 0 amide bonds. The van der Waals surface area contributed by atoms with Crippen molar-refractivity contribution in [2.45, 2.75) is 25.0 Å². The van der Waals surface area contributed by atoms with Gasteiger partial charge in [0.05, 0.1) is 6.61 Å². The van der Waals surface area contributed by atoms with Crippen molar-refractivity contribution in [1.29, 1.82) is 0 Å². The number of ether oxygens (including phenoxy) is 1. The Balaban J connectivity index is 1.93. The summed E-state index contributed by atoms with van der Waals surface area (Å²) in [6.07, 6.45) is 0.629. The molecule has 17 heavy (non-hydrogen) atoms. The molecule has 0 radical (unpaired) electrons. The fraction of sp³-hybridized carbons (Fsp3) is 0.538. The third-order valence-electron chi connectivity index (χ3n) is 3.19. The Bertz CT molecular complexity index is 377. The molecule has 1 aliphatic rings. The van der Waals surface area contributed by atoms with Gasteiger partial charge < -0.3 is 15.2 Å². The predicted molar refractivity (Wildman–Crippen MR) is 63.2 cm³/mol. The van der Waals surface area contributed by atoms with Crippen LogP contribution in [0.4, 0.5) is 4.39 Å². The largest absolute Gasteiger partial charge is 0.386 e. The van der Waals surface area contributed by atoms with E-state index in [1.54, 1.807) is 12.1 Å². The summed E-state index contributed by atoms with van der Waals surface area (Å²) >= 11 is 0. The molecule has 0 aliphatic carbocycles. The lowest BCUT2D eigenvalue weighted by Gasteiger charge is -2.24. The summed E-state index contributed by atoms with van der Waals surface area (Å²) in [6, 6.07) is 6.55. The second-order valence-corrected chi connectivity index (χ2v) is 4.65. The van der Waals surface area contributed by atoms with Crippen molar-refractivity contribution < 1.29 is 14.2 Å². The molecular formula is C13H18FNO2. The first kappa shape index (κ1) is 12.5. The van der Waals surface area contributed by atoms with Gasteiger partial charge in [-0.15, -0.1) is 0 Å². The summed E-state index contributed by atoms with van der Waals surface area (Å²) in [5, 5.41) is 13.2. The maximum Gasteiger partial charge on any atom is 0.127 e. The third-order valence-corrected chi connectivity index (χ3v) is 3.19. The number of rotatable bonds is 4. The van der Waals surface area contributed by atoms with Crippen molar-refractivity contribution in [2.75, 3.05) is 19.8 Å². The smallest absolute Gasteiger partial charge is 0.127 e. The van der Waals surface area contributed by atoms with Gasteiger partial charge in [-0.05, 0) is 13.0 Å². The SMILES string of the molecule is CC(NCC1(O)CCOC1)c1ccccc1F. The molecule has 2 unspecified atom stereocenters. The van der Waals surface area contributed by atoms with E-state index in [0.29, 0.717) is 31.7 Å². The van der Waals surface area contributed by atoms with Crippen LogP contribution in [-0.2, 0) is 4.74 Å². The molecule has 0 saturated carbocycles. The second kappa shape index (κ2) is 5.12. The summed E-state index contributed by atoms with van der Waals surface area (Å²) in [5.74, 6) is -0.220. The molecule has 0 spiro atoms. The van der Waals surface area contributed by atoms with Crippen molar-refractivity contribution in [1.82, 2.24) is 5.32 Å². The van der Waals surface area contributed by atoms with E-state index >= 15 is 0 Å². The molecule has 1 aromatic rings. The molecule has 2 N–H and O–H groups in total. The number of aliphatic hydroxyl groups is 1. The summed E-state index contributed by atoms with van der Waals surface area (Å²) in [6.45, 7) is 3.25. The van der Waals surface area contributed by atoms with Crippen molar-refractivity contribution in [3.05, 3.63) is 35.6 Å². The highest BCUT2D eigenvalue weighted by Crippen LogP contribution is 2.20. The van der Waals surface area contributed by atoms with Gasteiger partial charge in [0.25, 0.3) is 0 Å². The quantitative estimate of drug-likeness (QED) is 0.839. The van der Waals surface area contributed by atoms with Crippen LogP contribution in [0.2, 0.25) is 0 Å². The molecule has 4 heteroatoms. The first-order valence-electron chi connectivity index (χ1n) is 5.89. The minimum absolute atomic E-state index is 0.124. The van der Waals surface area contributed by atoms with Crippen LogP contribution in [-0.4, -0.2) is 30.5 Å². The minimum Gasteiger partial charge on any atom is -0.386 e. The van der Waals surface area contributed by atoms with Crippen LogP contribution < -0.4 is 5.32 Å². The zero-order valence-corrected chi connectivity index (χ0v) is 9.95. The van der Waals surface area contributed by atoms with Crippen molar-refractivity contribution in [3.63, 3.8) is 0 Å². The van der Waals surface area contributed by atoms with Crippen LogP contribution in [0.5, 0.6) is 0 Å². The van der Waals surface area contributed by atoms with Gasteiger partial charge in [0.15, 0.2) is 0 Å². The van der Waals surface area contributed by atoms with Crippen LogP contribution in [0.25, 0.3) is 0 Å². The summed E-state index contributed by atoms with van der Waals surface area (Å²) < 4.78 is 18.7. The standard InChI is InChI=1S/C13H18FNO2/c1-10(11-4-2-3-5-12(11)14)15-8-13(16)6-7-17-9-13/h2-5,10,15-16H,6-9H2,1H3. The van der Waals surface area contributed by atoms with Gasteiger partial charge in [-0.1, -0.05) is 18.2 Å². The van der Waals surface area contributed by atoms with Gasteiger partial charge in [-0.3, -0.25) is 0 Å². The van der Waals surface area contributed by atoms with Crippen LogP contribution in [0.15, 0.2) is 24.3 Å². The molecule has 94 valence electrons. The second-order valence-electron chi connectivity index (χ2n) is 4.65. The molecule has 0 aromatic heterocycles. The fourth-order valence-electron chi connectivity index (χ4n) is 2.02. The first-order valence-corrected chi connectivity index (χ1v) is 5.89. The Morgan fingerprint density at radius 1 is 1.53 bits per heavy atom. The maximum absolute atomic E-state index is 13.5. The Labute approximate surface area is 101 Å². The summed E-state index contributed by atoms with van der Waals surface area (Å²) in [4.78, 5) is 0. The number of halogens is 1. The highest BCUT2D eigenvalue weighted by atomic mass is 19.1. The molecule has 2 rings (SSSR count). The van der Waals surface area contributed by atoms with Crippen LogP contribution in [0, 0.1) is 5.82 Å². The van der Waals surface area contributed by atoms with Crippen molar-refractivity contribution >= 4 is 0 Å². The highest BCUT2D eigenvalue weighted by Gasteiger charge is 2.32. The van der Waals surface area contributed by atoms with Gasteiger partial charge >= 0.3 is 0 Å². The molecular weight excluding hydrogens is 221 g/mol. The predicted octanol–water partition coefficient (Wildman–Crippen LogP) is 1.63. The number of benzene rings is 1. The monoisotopic (exact) mass is 239 g/mol. The first-order chi connectivity index (χ1) is 8.11. The lowest BCUT2D eigenvalue weighted by Crippen LogP contribution is -2.42. The van der Waals surface area contributed by atoms with Gasteiger partial charge in [0.2, 0.25) is 0 Å². The molecule has 2 atom stereocenters. The third kappa shape index (κ3) is 3.03. The average Bonchev–Trinajstić information content (AvgIpc) is 2.74. The number of hydrogen-bond donors (Lipinski definition) is 2. The minimum atomic E-state index is -0.806. The molecule has 0 bridgehead atoms. The lowest BCUT2D eigenvalue weighted by atomic mass is 10.0. The number of nitrogens with one attached hydrogen (secondary N) is 1. The van der Waals surface area contributed by atoms with Gasteiger partial charge in [0.1, 0.15) is 11.4 Å². The number of hydrogen-bond acceptors (Lipinski definition) is 3. The summed E-state index contributed by atoms with van der Waals surface area (Å²) in [7, 11) is 0. The topological polar surface area (TPSA) is 41.5 Å². The van der Waals surface area contributed by atoms with E-state index < -0.39 is 5.60 Å². The van der Waals surface area contributed by atoms with Gasteiger partial charge in [-0.2, -0.15) is 0 Å². The Morgan fingerprint density at radius 3 is 2.94 bits per heavy atom. The average molecular weight is 239 g/mol.